The van der Waals surface area contributed by atoms with Crippen LogP contribution in [0.3, 0.4) is 0 Å². The molecule has 2 heterocycles. The maximum absolute atomic E-state index is 6.22. The number of nitrogens with zero attached hydrogens (tertiary/aromatic N) is 4. The first kappa shape index (κ1) is 31.9. The molecule has 7 heteroatoms. The number of aromatic nitrogens is 3. The number of para-hydroxylation sites is 3. The second-order valence-corrected chi connectivity index (χ2v) is 13.0. The average Bonchev–Trinajstić information content (AvgIpc) is 3.76. The van der Waals surface area contributed by atoms with E-state index in [9.17, 15) is 0 Å². The summed E-state index contributed by atoms with van der Waals surface area (Å²) in [4.78, 5) is 2.27. The fourth-order valence-corrected chi connectivity index (χ4v) is 6.56. The number of fused-ring (bicyclic) bond motifs is 3. The predicted octanol–water partition coefficient (Wildman–Crippen LogP) is 11.5. The summed E-state index contributed by atoms with van der Waals surface area (Å²) in [5, 5.41) is 11.2. The van der Waals surface area contributed by atoms with E-state index in [-0.39, 0.29) is 12.2 Å². The van der Waals surface area contributed by atoms with E-state index < -0.39 is 0 Å². The van der Waals surface area contributed by atoms with Crippen molar-refractivity contribution in [1.29, 1.82) is 0 Å². The summed E-state index contributed by atoms with van der Waals surface area (Å²) in [6.45, 7) is 7.97. The Kier molecular flexibility index (Phi) is 8.46. The van der Waals surface area contributed by atoms with E-state index >= 15 is 0 Å². The average molecular weight is 671 g/mol. The Labute approximate surface area is 297 Å². The second kappa shape index (κ2) is 13.5. The van der Waals surface area contributed by atoms with Gasteiger partial charge >= 0.3 is 0 Å². The summed E-state index contributed by atoms with van der Waals surface area (Å²) >= 11 is 0. The summed E-state index contributed by atoms with van der Waals surface area (Å²) in [5.41, 5.74) is 8.14. The maximum Gasteiger partial charge on any atom is 0.248 e. The van der Waals surface area contributed by atoms with Crippen LogP contribution >= 0.6 is 0 Å². The molecule has 8 rings (SSSR count). The van der Waals surface area contributed by atoms with E-state index in [1.54, 1.807) is 0 Å². The summed E-state index contributed by atoms with van der Waals surface area (Å²) < 4.78 is 20.5. The van der Waals surface area contributed by atoms with Crippen LogP contribution in [-0.4, -0.2) is 27.0 Å². The minimum atomic E-state index is 0.0101. The summed E-state index contributed by atoms with van der Waals surface area (Å²) in [6, 6.07) is 50.2. The van der Waals surface area contributed by atoms with Crippen LogP contribution in [0.5, 0.6) is 11.5 Å². The number of hydrogen-bond donors (Lipinski definition) is 0. The van der Waals surface area contributed by atoms with Crippen molar-refractivity contribution in [3.05, 3.63) is 146 Å². The standard InChI is InChI=1S/C44H38N4O3/c1-29(2)49-37-25-32(26-38(28-37)50-30(3)4)44-46-45-43(51-44)31-19-21-35(22-20-31)47(33-13-7-5-8-14-33)36-23-24-42-40(27-36)39-17-11-12-18-41(39)48(42)34-15-9-6-10-16-34/h5-30H,1-4H3. The van der Waals surface area contributed by atoms with Crippen LogP contribution in [0.2, 0.25) is 0 Å². The van der Waals surface area contributed by atoms with E-state index in [1.165, 1.54) is 16.3 Å². The second-order valence-electron chi connectivity index (χ2n) is 13.0. The molecule has 0 unspecified atom stereocenters. The van der Waals surface area contributed by atoms with Crippen molar-refractivity contribution in [2.45, 2.75) is 39.9 Å². The largest absolute Gasteiger partial charge is 0.491 e. The summed E-state index contributed by atoms with van der Waals surface area (Å²) in [5.74, 6) is 2.20. The lowest BCUT2D eigenvalue weighted by molar-refractivity contribution is 0.229. The Morgan fingerprint density at radius 1 is 0.510 bits per heavy atom. The van der Waals surface area contributed by atoms with E-state index in [1.807, 2.05) is 64.1 Å². The van der Waals surface area contributed by atoms with Gasteiger partial charge in [0.15, 0.2) is 0 Å². The maximum atomic E-state index is 6.22. The summed E-state index contributed by atoms with van der Waals surface area (Å²) in [6.07, 6.45) is 0.0203. The van der Waals surface area contributed by atoms with Crippen molar-refractivity contribution in [3.63, 3.8) is 0 Å². The van der Waals surface area contributed by atoms with Gasteiger partial charge in [0.1, 0.15) is 11.5 Å². The van der Waals surface area contributed by atoms with Crippen molar-refractivity contribution in [3.8, 4) is 40.1 Å². The molecule has 7 nitrogen and oxygen atoms in total. The minimum absolute atomic E-state index is 0.0101. The Balaban J connectivity index is 1.16. The number of rotatable bonds is 10. The highest BCUT2D eigenvalue weighted by Crippen LogP contribution is 2.40. The first-order chi connectivity index (χ1) is 24.9. The Bertz CT molecular complexity index is 2400. The van der Waals surface area contributed by atoms with Crippen LogP contribution in [0, 0.1) is 0 Å². The molecule has 0 N–H and O–H groups in total. The van der Waals surface area contributed by atoms with Crippen molar-refractivity contribution < 1.29 is 13.9 Å². The fourth-order valence-electron chi connectivity index (χ4n) is 6.56. The molecule has 0 aliphatic carbocycles. The van der Waals surface area contributed by atoms with Crippen LogP contribution in [0.15, 0.2) is 150 Å². The lowest BCUT2D eigenvalue weighted by atomic mass is 10.1. The first-order valence-corrected chi connectivity index (χ1v) is 17.3. The van der Waals surface area contributed by atoms with Gasteiger partial charge in [0, 0.05) is 50.7 Å². The number of ether oxygens (including phenoxy) is 2. The van der Waals surface area contributed by atoms with Gasteiger partial charge in [0.25, 0.3) is 0 Å². The normalized spacial score (nSPS) is 11.5. The third-order valence-corrected chi connectivity index (χ3v) is 8.61. The van der Waals surface area contributed by atoms with Gasteiger partial charge in [-0.1, -0.05) is 54.6 Å². The monoisotopic (exact) mass is 670 g/mol. The van der Waals surface area contributed by atoms with Gasteiger partial charge in [-0.3, -0.25) is 0 Å². The molecule has 0 saturated carbocycles. The molecule has 0 atom stereocenters. The van der Waals surface area contributed by atoms with Crippen LogP contribution < -0.4 is 14.4 Å². The Hall–Kier alpha value is -6.34. The Morgan fingerprint density at radius 2 is 1.06 bits per heavy atom. The minimum Gasteiger partial charge on any atom is -0.491 e. The molecule has 0 amide bonds. The number of benzene rings is 6. The van der Waals surface area contributed by atoms with Crippen LogP contribution in [0.1, 0.15) is 27.7 Å². The third kappa shape index (κ3) is 6.42. The van der Waals surface area contributed by atoms with Gasteiger partial charge in [-0.15, -0.1) is 10.2 Å². The highest BCUT2D eigenvalue weighted by Gasteiger charge is 2.19. The lowest BCUT2D eigenvalue weighted by Gasteiger charge is -2.25. The van der Waals surface area contributed by atoms with E-state index in [0.29, 0.717) is 23.3 Å². The van der Waals surface area contributed by atoms with Crippen LogP contribution in [-0.2, 0) is 0 Å². The predicted molar refractivity (Wildman–Crippen MR) is 206 cm³/mol. The molecule has 8 aromatic rings. The molecule has 2 aromatic heterocycles. The molecule has 0 aliphatic rings. The van der Waals surface area contributed by atoms with Crippen LogP contribution in [0.4, 0.5) is 17.1 Å². The van der Waals surface area contributed by atoms with E-state index in [4.69, 9.17) is 13.9 Å². The molecule has 6 aromatic carbocycles. The highest BCUT2D eigenvalue weighted by atomic mass is 16.5. The molecule has 0 fully saturated rings. The molecule has 252 valence electrons. The number of hydrogen-bond acceptors (Lipinski definition) is 6. The molecule has 0 saturated heterocycles. The molecule has 0 aliphatic heterocycles. The zero-order chi connectivity index (χ0) is 34.9. The summed E-state index contributed by atoms with van der Waals surface area (Å²) in [7, 11) is 0. The zero-order valence-corrected chi connectivity index (χ0v) is 29.0. The Morgan fingerprint density at radius 3 is 1.73 bits per heavy atom. The fraction of sp³-hybridized carbons (Fsp3) is 0.136. The smallest absolute Gasteiger partial charge is 0.248 e. The zero-order valence-electron chi connectivity index (χ0n) is 29.0. The molecule has 0 spiro atoms. The molecule has 0 radical (unpaired) electrons. The van der Waals surface area contributed by atoms with E-state index in [2.05, 4.69) is 129 Å². The van der Waals surface area contributed by atoms with Gasteiger partial charge in [-0.25, -0.2) is 0 Å². The van der Waals surface area contributed by atoms with Crippen molar-refractivity contribution in [1.82, 2.24) is 14.8 Å². The van der Waals surface area contributed by atoms with Crippen molar-refractivity contribution in [2.75, 3.05) is 4.90 Å². The molecule has 0 bridgehead atoms. The quantitative estimate of drug-likeness (QED) is 0.144. The van der Waals surface area contributed by atoms with E-state index in [0.717, 1.165) is 39.4 Å². The van der Waals surface area contributed by atoms with Gasteiger partial charge in [0.05, 0.1) is 23.2 Å². The topological polar surface area (TPSA) is 65.6 Å². The SMILES string of the molecule is CC(C)Oc1cc(OC(C)C)cc(-c2nnc(-c3ccc(N(c4ccccc4)c4ccc5c(c4)c4ccccc4n5-c4ccccc4)cc3)o2)c1. The van der Waals surface area contributed by atoms with Gasteiger partial charge in [-0.05, 0) is 113 Å². The first-order valence-electron chi connectivity index (χ1n) is 17.3. The molecule has 51 heavy (non-hydrogen) atoms. The highest BCUT2D eigenvalue weighted by molar-refractivity contribution is 6.10. The van der Waals surface area contributed by atoms with Gasteiger partial charge < -0.3 is 23.4 Å². The van der Waals surface area contributed by atoms with Crippen LogP contribution in [0.25, 0.3) is 50.4 Å². The molecular formula is C44H38N4O3. The van der Waals surface area contributed by atoms with Gasteiger partial charge in [-0.2, -0.15) is 0 Å². The lowest BCUT2D eigenvalue weighted by Crippen LogP contribution is -2.09. The number of anilines is 3. The van der Waals surface area contributed by atoms with Crippen molar-refractivity contribution >= 4 is 38.9 Å². The van der Waals surface area contributed by atoms with Gasteiger partial charge in [0.2, 0.25) is 11.8 Å². The van der Waals surface area contributed by atoms with Crippen molar-refractivity contribution in [2.24, 2.45) is 0 Å². The molecular weight excluding hydrogens is 633 g/mol. The third-order valence-electron chi connectivity index (χ3n) is 8.61.